The van der Waals surface area contributed by atoms with Gasteiger partial charge in [0.05, 0.1) is 6.07 Å². The number of H-pyrrole nitrogens is 1. The SMILES string of the molecule is Cc1[nH]nc(S(=O)(=O)N(CCC#N)C(C)C)c1C(=O)O. The van der Waals surface area contributed by atoms with E-state index in [1.165, 1.54) is 6.92 Å². The lowest BCUT2D eigenvalue weighted by atomic mass is 10.3. The van der Waals surface area contributed by atoms with Gasteiger partial charge in [0.25, 0.3) is 10.0 Å². The van der Waals surface area contributed by atoms with Crippen LogP contribution in [0, 0.1) is 18.3 Å². The number of rotatable bonds is 6. The summed E-state index contributed by atoms with van der Waals surface area (Å²) in [6.07, 6.45) is 0.0171. The molecule has 0 aromatic carbocycles. The molecule has 0 aliphatic carbocycles. The molecule has 1 heterocycles. The second kappa shape index (κ2) is 6.02. The molecule has 1 aromatic heterocycles. The summed E-state index contributed by atoms with van der Waals surface area (Å²) in [5.74, 6) is -1.36. The molecule has 9 heteroatoms. The van der Waals surface area contributed by atoms with Gasteiger partial charge in [0, 0.05) is 24.7 Å². The average Bonchev–Trinajstić information content (AvgIpc) is 2.71. The summed E-state index contributed by atoms with van der Waals surface area (Å²) >= 11 is 0. The molecular weight excluding hydrogens is 284 g/mol. The Hall–Kier alpha value is -1.92. The molecule has 0 radical (unpaired) electrons. The summed E-state index contributed by atoms with van der Waals surface area (Å²) in [6.45, 7) is 4.72. The van der Waals surface area contributed by atoms with Crippen molar-refractivity contribution in [2.45, 2.75) is 38.3 Å². The Morgan fingerprint density at radius 3 is 2.60 bits per heavy atom. The second-order valence-corrected chi connectivity index (χ2v) is 6.26. The summed E-state index contributed by atoms with van der Waals surface area (Å²) in [4.78, 5) is 11.2. The van der Waals surface area contributed by atoms with Gasteiger partial charge in [0.1, 0.15) is 5.56 Å². The molecule has 2 N–H and O–H groups in total. The third-order valence-corrected chi connectivity index (χ3v) is 4.71. The van der Waals surface area contributed by atoms with E-state index in [0.717, 1.165) is 4.31 Å². The van der Waals surface area contributed by atoms with Crippen molar-refractivity contribution in [2.75, 3.05) is 6.54 Å². The zero-order valence-corrected chi connectivity index (χ0v) is 12.2. The van der Waals surface area contributed by atoms with Gasteiger partial charge in [-0.1, -0.05) is 0 Å². The van der Waals surface area contributed by atoms with E-state index < -0.39 is 27.1 Å². The molecule has 110 valence electrons. The van der Waals surface area contributed by atoms with Crippen LogP contribution in [0.25, 0.3) is 0 Å². The van der Waals surface area contributed by atoms with Crippen molar-refractivity contribution < 1.29 is 18.3 Å². The standard InChI is InChI=1S/C11H16N4O4S/c1-7(2)15(6-4-5-12)20(18,19)10-9(11(16)17)8(3)13-14-10/h7H,4,6H2,1-3H3,(H,13,14)(H,16,17). The number of aromatic nitrogens is 2. The van der Waals surface area contributed by atoms with E-state index in [1.807, 2.05) is 6.07 Å². The number of nitrogens with one attached hydrogen (secondary N) is 1. The molecule has 0 aliphatic heterocycles. The van der Waals surface area contributed by atoms with Crippen LogP contribution in [-0.2, 0) is 10.0 Å². The first-order chi connectivity index (χ1) is 9.23. The maximum Gasteiger partial charge on any atom is 0.340 e. The Kier molecular flexibility index (Phi) is 4.86. The minimum Gasteiger partial charge on any atom is -0.478 e. The normalized spacial score (nSPS) is 11.8. The lowest BCUT2D eigenvalue weighted by molar-refractivity contribution is 0.0691. The molecule has 0 saturated carbocycles. The van der Waals surface area contributed by atoms with Crippen LogP contribution in [0.1, 0.15) is 36.3 Å². The number of aromatic amines is 1. The molecule has 0 aliphatic rings. The van der Waals surface area contributed by atoms with E-state index in [0.29, 0.717) is 0 Å². The molecule has 0 bridgehead atoms. The molecule has 0 fully saturated rings. The van der Waals surface area contributed by atoms with E-state index in [4.69, 9.17) is 10.4 Å². The summed E-state index contributed by atoms with van der Waals surface area (Å²) in [7, 11) is -4.07. The molecule has 8 nitrogen and oxygen atoms in total. The van der Waals surface area contributed by atoms with Crippen molar-refractivity contribution in [3.05, 3.63) is 11.3 Å². The number of sulfonamides is 1. The Morgan fingerprint density at radius 2 is 2.15 bits per heavy atom. The van der Waals surface area contributed by atoms with Crippen LogP contribution in [0.15, 0.2) is 5.03 Å². The molecule has 0 spiro atoms. The first-order valence-electron chi connectivity index (χ1n) is 5.90. The smallest absolute Gasteiger partial charge is 0.340 e. The Labute approximate surface area is 117 Å². The van der Waals surface area contributed by atoms with Crippen LogP contribution >= 0.6 is 0 Å². The molecule has 0 atom stereocenters. The minimum atomic E-state index is -4.07. The number of carboxylic acids is 1. The highest BCUT2D eigenvalue weighted by Crippen LogP contribution is 2.22. The predicted molar refractivity (Wildman–Crippen MR) is 69.5 cm³/mol. The van der Waals surface area contributed by atoms with Gasteiger partial charge in [-0.15, -0.1) is 0 Å². The van der Waals surface area contributed by atoms with Gasteiger partial charge in [0.15, 0.2) is 0 Å². The molecule has 20 heavy (non-hydrogen) atoms. The molecule has 0 amide bonds. The fraction of sp³-hybridized carbons (Fsp3) is 0.545. The van der Waals surface area contributed by atoms with Gasteiger partial charge < -0.3 is 5.11 Å². The largest absolute Gasteiger partial charge is 0.478 e. The lowest BCUT2D eigenvalue weighted by Gasteiger charge is -2.24. The van der Waals surface area contributed by atoms with E-state index in [9.17, 15) is 13.2 Å². The Balaban J connectivity index is 3.35. The van der Waals surface area contributed by atoms with Crippen molar-refractivity contribution in [1.82, 2.24) is 14.5 Å². The summed E-state index contributed by atoms with van der Waals surface area (Å²) in [6, 6.07) is 1.46. The Bertz CT molecular complexity index is 642. The van der Waals surface area contributed by atoms with Crippen molar-refractivity contribution in [2.24, 2.45) is 0 Å². The van der Waals surface area contributed by atoms with Crippen molar-refractivity contribution in [3.63, 3.8) is 0 Å². The maximum atomic E-state index is 12.5. The van der Waals surface area contributed by atoms with Crippen LogP contribution in [-0.4, -0.2) is 46.6 Å². The number of hydrogen-bond donors (Lipinski definition) is 2. The Morgan fingerprint density at radius 1 is 1.55 bits per heavy atom. The number of hydrogen-bond acceptors (Lipinski definition) is 5. The van der Waals surface area contributed by atoms with Crippen molar-refractivity contribution >= 4 is 16.0 Å². The fourth-order valence-corrected chi connectivity index (χ4v) is 3.54. The number of aromatic carboxylic acids is 1. The van der Waals surface area contributed by atoms with Crippen LogP contribution in [0.2, 0.25) is 0 Å². The maximum absolute atomic E-state index is 12.5. The quantitative estimate of drug-likeness (QED) is 0.797. The molecule has 1 aromatic rings. The first kappa shape index (κ1) is 16.1. The van der Waals surface area contributed by atoms with E-state index >= 15 is 0 Å². The monoisotopic (exact) mass is 300 g/mol. The van der Waals surface area contributed by atoms with Crippen LogP contribution < -0.4 is 0 Å². The summed E-state index contributed by atoms with van der Waals surface area (Å²) in [5, 5.41) is 23.1. The van der Waals surface area contributed by atoms with Crippen LogP contribution in [0.5, 0.6) is 0 Å². The number of carbonyl (C=O) groups is 1. The number of aryl methyl sites for hydroxylation is 1. The van der Waals surface area contributed by atoms with Gasteiger partial charge in [-0.25, -0.2) is 13.2 Å². The number of nitriles is 1. The summed E-state index contributed by atoms with van der Waals surface area (Å²) in [5.41, 5.74) is -0.201. The van der Waals surface area contributed by atoms with E-state index in [1.54, 1.807) is 13.8 Å². The first-order valence-corrected chi connectivity index (χ1v) is 7.34. The third kappa shape index (κ3) is 2.97. The lowest BCUT2D eigenvalue weighted by Crippen LogP contribution is -2.38. The van der Waals surface area contributed by atoms with E-state index in [-0.39, 0.29) is 24.2 Å². The van der Waals surface area contributed by atoms with Crippen molar-refractivity contribution in [1.29, 1.82) is 5.26 Å². The van der Waals surface area contributed by atoms with Gasteiger partial charge in [-0.05, 0) is 20.8 Å². The third-order valence-electron chi connectivity index (χ3n) is 2.70. The molecule has 1 rings (SSSR count). The van der Waals surface area contributed by atoms with Gasteiger partial charge in [-0.3, -0.25) is 5.10 Å². The van der Waals surface area contributed by atoms with E-state index in [2.05, 4.69) is 10.2 Å². The predicted octanol–water partition coefficient (Wildman–Crippen LogP) is 0.729. The van der Waals surface area contributed by atoms with Gasteiger partial charge >= 0.3 is 5.97 Å². The molecular formula is C11H16N4O4S. The average molecular weight is 300 g/mol. The fourth-order valence-electron chi connectivity index (χ4n) is 1.77. The molecule has 0 unspecified atom stereocenters. The van der Waals surface area contributed by atoms with Crippen LogP contribution in [0.3, 0.4) is 0 Å². The topological polar surface area (TPSA) is 127 Å². The highest BCUT2D eigenvalue weighted by molar-refractivity contribution is 7.89. The minimum absolute atomic E-state index is 0.0124. The summed E-state index contributed by atoms with van der Waals surface area (Å²) < 4.78 is 26.0. The number of carboxylic acid groups (broad SMARTS) is 1. The zero-order valence-electron chi connectivity index (χ0n) is 11.4. The highest BCUT2D eigenvalue weighted by atomic mass is 32.2. The van der Waals surface area contributed by atoms with Gasteiger partial charge in [0.2, 0.25) is 5.03 Å². The van der Waals surface area contributed by atoms with Crippen LogP contribution in [0.4, 0.5) is 0 Å². The zero-order chi connectivity index (χ0) is 15.5. The number of nitrogens with zero attached hydrogens (tertiary/aromatic N) is 3. The molecule has 0 saturated heterocycles. The van der Waals surface area contributed by atoms with Crippen molar-refractivity contribution in [3.8, 4) is 6.07 Å². The highest BCUT2D eigenvalue weighted by Gasteiger charge is 2.34. The second-order valence-electron chi connectivity index (χ2n) is 4.45. The van der Waals surface area contributed by atoms with Gasteiger partial charge in [-0.2, -0.15) is 14.7 Å².